The van der Waals surface area contributed by atoms with Crippen LogP contribution in [0.25, 0.3) is 16.6 Å². The van der Waals surface area contributed by atoms with Crippen molar-refractivity contribution < 1.29 is 4.79 Å². The summed E-state index contributed by atoms with van der Waals surface area (Å²) in [4.78, 5) is 30.3. The van der Waals surface area contributed by atoms with E-state index in [1.54, 1.807) is 42.5 Å². The Morgan fingerprint density at radius 1 is 1.03 bits per heavy atom. The molecule has 1 aromatic heterocycles. The topological polar surface area (TPSA) is 88.1 Å². The van der Waals surface area contributed by atoms with Crippen molar-refractivity contribution in [3.05, 3.63) is 93.7 Å². The number of nitrogens with one attached hydrogen (secondary N) is 3. The predicted molar refractivity (Wildman–Crippen MR) is 142 cm³/mol. The normalized spacial score (nSPS) is 10.6. The van der Waals surface area contributed by atoms with Gasteiger partial charge in [-0.25, -0.2) is 4.98 Å². The van der Waals surface area contributed by atoms with E-state index in [0.717, 1.165) is 23.0 Å². The first-order valence-electron chi connectivity index (χ1n) is 10.2. The minimum atomic E-state index is -0.330. The predicted octanol–water partition coefficient (Wildman–Crippen LogP) is 4.46. The highest BCUT2D eigenvalue weighted by Crippen LogP contribution is 2.21. The zero-order valence-electron chi connectivity index (χ0n) is 18.0. The maximum Gasteiger partial charge on any atom is 0.266 e. The van der Waals surface area contributed by atoms with E-state index < -0.39 is 0 Å². The molecule has 0 atom stereocenters. The smallest absolute Gasteiger partial charge is 0.266 e. The molecule has 0 aliphatic heterocycles. The molecule has 3 aromatic carbocycles. The fraction of sp³-hybridized carbons (Fsp3) is 0.0833. The van der Waals surface area contributed by atoms with Crippen molar-refractivity contribution in [2.75, 3.05) is 11.1 Å². The van der Waals surface area contributed by atoms with E-state index in [1.165, 1.54) is 4.57 Å². The zero-order chi connectivity index (χ0) is 24.1. The van der Waals surface area contributed by atoms with Gasteiger partial charge in [0.2, 0.25) is 5.91 Å². The van der Waals surface area contributed by atoms with Crippen molar-refractivity contribution in [1.29, 1.82) is 0 Å². The van der Waals surface area contributed by atoms with E-state index in [-0.39, 0.29) is 22.3 Å². The van der Waals surface area contributed by atoms with E-state index in [1.807, 2.05) is 37.3 Å². The number of fused-ring (bicyclic) bond motifs is 1. The SMILES string of the molecule is Cc1ccc(-n2c(SCC(=O)NNC(=S)Nc3ccc(Cl)cc3)nc3ccccc3c2=O)cc1. The lowest BCUT2D eigenvalue weighted by molar-refractivity contribution is -0.119. The standard InChI is InChI=1S/C24H20ClN5O2S2/c1-15-6-12-18(13-7-15)30-22(32)19-4-2-3-5-20(19)27-24(30)34-14-21(31)28-29-23(33)26-17-10-8-16(25)9-11-17/h2-13H,14H2,1H3,(H,28,31)(H2,26,29,33). The highest BCUT2D eigenvalue weighted by molar-refractivity contribution is 7.99. The number of nitrogens with zero attached hydrogens (tertiary/aromatic N) is 2. The molecule has 0 aliphatic rings. The molecule has 34 heavy (non-hydrogen) atoms. The number of carbonyl (C=O) groups is 1. The fourth-order valence-corrected chi connectivity index (χ4v) is 4.23. The van der Waals surface area contributed by atoms with Crippen molar-refractivity contribution in [2.24, 2.45) is 0 Å². The number of hydrazine groups is 1. The second-order valence-corrected chi connectivity index (χ2v) is 9.10. The first kappa shape index (κ1) is 23.7. The summed E-state index contributed by atoms with van der Waals surface area (Å²) in [5, 5.41) is 4.71. The largest absolute Gasteiger partial charge is 0.331 e. The summed E-state index contributed by atoms with van der Waals surface area (Å²) in [7, 11) is 0. The number of halogens is 1. The van der Waals surface area contributed by atoms with Crippen LogP contribution < -0.4 is 21.7 Å². The number of anilines is 1. The maximum atomic E-state index is 13.3. The fourth-order valence-electron chi connectivity index (χ4n) is 3.12. The number of aryl methyl sites for hydroxylation is 1. The molecular formula is C24H20ClN5O2S2. The van der Waals surface area contributed by atoms with Gasteiger partial charge in [0, 0.05) is 10.7 Å². The molecule has 1 amide bonds. The van der Waals surface area contributed by atoms with E-state index in [2.05, 4.69) is 21.2 Å². The van der Waals surface area contributed by atoms with E-state index >= 15 is 0 Å². The summed E-state index contributed by atoms with van der Waals surface area (Å²) in [6, 6.07) is 21.7. The van der Waals surface area contributed by atoms with E-state index in [9.17, 15) is 9.59 Å². The van der Waals surface area contributed by atoms with Gasteiger partial charge in [-0.3, -0.25) is 25.0 Å². The Labute approximate surface area is 210 Å². The third kappa shape index (κ3) is 5.74. The lowest BCUT2D eigenvalue weighted by Crippen LogP contribution is -2.44. The first-order chi connectivity index (χ1) is 16.4. The van der Waals surface area contributed by atoms with Gasteiger partial charge in [-0.2, -0.15) is 0 Å². The summed E-state index contributed by atoms with van der Waals surface area (Å²) in [5.74, 6) is -0.309. The average Bonchev–Trinajstić information content (AvgIpc) is 2.84. The molecule has 1 heterocycles. The summed E-state index contributed by atoms with van der Waals surface area (Å²) >= 11 is 12.2. The molecule has 4 aromatic rings. The third-order valence-corrected chi connectivity index (χ3v) is 6.18. The van der Waals surface area contributed by atoms with Crippen LogP contribution in [0.1, 0.15) is 5.56 Å². The van der Waals surface area contributed by atoms with Crippen LogP contribution in [0.4, 0.5) is 5.69 Å². The van der Waals surface area contributed by atoms with E-state index in [0.29, 0.717) is 26.8 Å². The molecule has 172 valence electrons. The summed E-state index contributed by atoms with van der Waals surface area (Å²) in [6.07, 6.45) is 0. The van der Waals surface area contributed by atoms with Crippen LogP contribution >= 0.6 is 35.6 Å². The molecule has 10 heteroatoms. The van der Waals surface area contributed by atoms with Crippen molar-refractivity contribution in [3.63, 3.8) is 0 Å². The van der Waals surface area contributed by atoms with Gasteiger partial charge in [0.15, 0.2) is 10.3 Å². The molecule has 0 aliphatic carbocycles. The Balaban J connectivity index is 1.47. The van der Waals surface area contributed by atoms with Crippen molar-refractivity contribution in [3.8, 4) is 5.69 Å². The van der Waals surface area contributed by atoms with Gasteiger partial charge in [0.05, 0.1) is 22.3 Å². The van der Waals surface area contributed by atoms with Crippen LogP contribution in [0.5, 0.6) is 0 Å². The summed E-state index contributed by atoms with van der Waals surface area (Å²) < 4.78 is 1.53. The molecule has 3 N–H and O–H groups in total. The monoisotopic (exact) mass is 509 g/mol. The highest BCUT2D eigenvalue weighted by atomic mass is 35.5. The van der Waals surface area contributed by atoms with Gasteiger partial charge in [-0.05, 0) is 67.7 Å². The molecule has 0 radical (unpaired) electrons. The number of para-hydroxylation sites is 1. The number of aromatic nitrogens is 2. The summed E-state index contributed by atoms with van der Waals surface area (Å²) in [5.41, 5.74) is 8.08. The molecule has 0 bridgehead atoms. The Hall–Kier alpha value is -3.40. The number of benzene rings is 3. The maximum absolute atomic E-state index is 13.3. The molecule has 0 unspecified atom stereocenters. The Morgan fingerprint density at radius 2 is 1.74 bits per heavy atom. The minimum Gasteiger partial charge on any atom is -0.331 e. The number of hydrogen-bond acceptors (Lipinski definition) is 5. The zero-order valence-corrected chi connectivity index (χ0v) is 20.4. The van der Waals surface area contributed by atoms with Crippen molar-refractivity contribution in [2.45, 2.75) is 12.1 Å². The second-order valence-electron chi connectivity index (χ2n) is 7.31. The first-order valence-corrected chi connectivity index (χ1v) is 12.0. The van der Waals surface area contributed by atoms with Crippen LogP contribution in [-0.2, 0) is 4.79 Å². The quantitative estimate of drug-likeness (QED) is 0.158. The van der Waals surface area contributed by atoms with Gasteiger partial charge in [-0.15, -0.1) is 0 Å². The lowest BCUT2D eigenvalue weighted by Gasteiger charge is -2.14. The van der Waals surface area contributed by atoms with Gasteiger partial charge < -0.3 is 5.32 Å². The number of rotatable bonds is 5. The van der Waals surface area contributed by atoms with Gasteiger partial charge in [0.25, 0.3) is 5.56 Å². The minimum absolute atomic E-state index is 0.0210. The molecule has 4 rings (SSSR count). The van der Waals surface area contributed by atoms with Gasteiger partial charge in [-0.1, -0.05) is 53.2 Å². The number of amides is 1. The lowest BCUT2D eigenvalue weighted by atomic mass is 10.2. The van der Waals surface area contributed by atoms with Crippen LogP contribution in [0, 0.1) is 6.92 Å². The molecular weight excluding hydrogens is 490 g/mol. The van der Waals surface area contributed by atoms with Crippen molar-refractivity contribution in [1.82, 2.24) is 20.4 Å². The Kier molecular flexibility index (Phi) is 7.46. The van der Waals surface area contributed by atoms with Crippen LogP contribution in [0.15, 0.2) is 82.7 Å². The Bertz CT molecular complexity index is 1410. The molecule has 0 saturated heterocycles. The number of hydrogen-bond donors (Lipinski definition) is 3. The highest BCUT2D eigenvalue weighted by Gasteiger charge is 2.15. The second kappa shape index (κ2) is 10.7. The van der Waals surface area contributed by atoms with Gasteiger partial charge in [0.1, 0.15) is 0 Å². The summed E-state index contributed by atoms with van der Waals surface area (Å²) in [6.45, 7) is 1.98. The molecule has 7 nitrogen and oxygen atoms in total. The number of thiocarbonyl (C=S) groups is 1. The van der Waals surface area contributed by atoms with Gasteiger partial charge >= 0.3 is 0 Å². The average molecular weight is 510 g/mol. The Morgan fingerprint density at radius 3 is 2.47 bits per heavy atom. The third-order valence-electron chi connectivity index (χ3n) is 4.79. The van der Waals surface area contributed by atoms with Crippen LogP contribution in [-0.4, -0.2) is 26.3 Å². The number of thioether (sulfide) groups is 1. The van der Waals surface area contributed by atoms with E-state index in [4.69, 9.17) is 23.8 Å². The van der Waals surface area contributed by atoms with Crippen LogP contribution in [0.3, 0.4) is 0 Å². The molecule has 0 fully saturated rings. The molecule has 0 spiro atoms. The number of carbonyl (C=O) groups excluding carboxylic acids is 1. The van der Waals surface area contributed by atoms with Crippen LogP contribution in [0.2, 0.25) is 5.02 Å². The molecule has 0 saturated carbocycles. The van der Waals surface area contributed by atoms with Crippen molar-refractivity contribution >= 4 is 63.2 Å².